The maximum absolute atomic E-state index is 13.6. The molecule has 1 fully saturated rings. The molecule has 0 spiro atoms. The van der Waals surface area contributed by atoms with Crippen molar-refractivity contribution < 1.29 is 69.0 Å². The first kappa shape index (κ1) is 31.9. The molecule has 0 aliphatic carbocycles. The lowest BCUT2D eigenvalue weighted by Crippen LogP contribution is -2.60. The van der Waals surface area contributed by atoms with Gasteiger partial charge >= 0.3 is 5.97 Å². The summed E-state index contributed by atoms with van der Waals surface area (Å²) in [4.78, 5) is 26.0. The number of phenols is 5. The van der Waals surface area contributed by atoms with Crippen LogP contribution in [0.4, 0.5) is 0 Å². The molecule has 15 heteroatoms. The van der Waals surface area contributed by atoms with Gasteiger partial charge < -0.3 is 64.2 Å². The zero-order valence-electron chi connectivity index (χ0n) is 23.8. The molecule has 1 aliphatic heterocycles. The van der Waals surface area contributed by atoms with Gasteiger partial charge in [-0.1, -0.05) is 6.07 Å². The van der Waals surface area contributed by atoms with Crippen molar-refractivity contribution in [3.63, 3.8) is 0 Å². The van der Waals surface area contributed by atoms with Crippen LogP contribution in [0.3, 0.4) is 0 Å². The minimum Gasteiger partial charge on any atom is -0.508 e. The lowest BCUT2D eigenvalue weighted by atomic mass is 9.99. The molecule has 46 heavy (non-hydrogen) atoms. The van der Waals surface area contributed by atoms with Crippen LogP contribution in [0.15, 0.2) is 63.8 Å². The number of fused-ring (bicyclic) bond motifs is 1. The highest BCUT2D eigenvalue weighted by atomic mass is 16.7. The number of carbonyl (C=O) groups excluding carboxylic acids is 1. The van der Waals surface area contributed by atoms with Crippen LogP contribution >= 0.6 is 0 Å². The van der Waals surface area contributed by atoms with Gasteiger partial charge in [0.2, 0.25) is 17.5 Å². The summed E-state index contributed by atoms with van der Waals surface area (Å²) in [6.45, 7) is -0.641. The van der Waals surface area contributed by atoms with Gasteiger partial charge in [0.25, 0.3) is 0 Å². The molecular weight excluding hydrogens is 612 g/mol. The molecule has 4 aromatic rings. The lowest BCUT2D eigenvalue weighted by molar-refractivity contribution is -0.278. The fourth-order valence-corrected chi connectivity index (χ4v) is 4.67. The van der Waals surface area contributed by atoms with E-state index in [2.05, 4.69) is 0 Å². The molecular formula is C31H28O15. The Morgan fingerprint density at radius 3 is 2.33 bits per heavy atom. The SMILES string of the molecule is COc1cc(C=CC(=O)OC[C@H]2O[C@@H](Oc3c(-c4ccc(O)c(O)c4)oc4cc(O)cc(O)c4c3=O)[C@H](O)[C@@H](O)[C@@H]2O)ccc1O. The number of ether oxygens (including phenoxy) is 4. The molecule has 0 radical (unpaired) electrons. The van der Waals surface area contributed by atoms with Crippen molar-refractivity contribution in [2.45, 2.75) is 30.7 Å². The molecule has 8 N–H and O–H groups in total. The summed E-state index contributed by atoms with van der Waals surface area (Å²) in [5.41, 5.74) is -0.847. The molecule has 2 heterocycles. The summed E-state index contributed by atoms with van der Waals surface area (Å²) in [5, 5.41) is 81.1. The van der Waals surface area contributed by atoms with Gasteiger partial charge in [0.15, 0.2) is 28.8 Å². The van der Waals surface area contributed by atoms with Crippen molar-refractivity contribution in [2.75, 3.05) is 13.7 Å². The molecule has 5 atom stereocenters. The second-order valence-electron chi connectivity index (χ2n) is 10.2. The molecule has 3 aromatic carbocycles. The second-order valence-corrected chi connectivity index (χ2v) is 10.2. The Morgan fingerprint density at radius 2 is 1.61 bits per heavy atom. The first-order valence-electron chi connectivity index (χ1n) is 13.5. The van der Waals surface area contributed by atoms with Crippen molar-refractivity contribution >= 4 is 23.0 Å². The number of hydrogen-bond acceptors (Lipinski definition) is 15. The molecule has 0 bridgehead atoms. The van der Waals surface area contributed by atoms with Crippen molar-refractivity contribution in [2.24, 2.45) is 0 Å². The standard InChI is InChI=1S/C31H28O15/c1-42-20-8-13(2-5-17(20)34)3-7-23(37)43-12-22-25(38)27(40)28(41)31(45-22)46-30-26(39)24-19(36)10-15(32)11-21(24)44-29(30)14-4-6-16(33)18(35)9-14/h2-11,22,25,27-28,31-36,38,40-41H,12H2,1H3/t22-,25-,27+,28-,31+/m1/s1. The predicted molar refractivity (Wildman–Crippen MR) is 157 cm³/mol. The highest BCUT2D eigenvalue weighted by molar-refractivity contribution is 5.88. The summed E-state index contributed by atoms with van der Waals surface area (Å²) >= 11 is 0. The third kappa shape index (κ3) is 6.33. The number of esters is 1. The highest BCUT2D eigenvalue weighted by Crippen LogP contribution is 2.39. The van der Waals surface area contributed by atoms with Gasteiger partial charge in [0, 0.05) is 23.8 Å². The Labute approximate surface area is 258 Å². The summed E-state index contributed by atoms with van der Waals surface area (Å²) in [5.74, 6) is -4.12. The molecule has 0 amide bonds. The quantitative estimate of drug-likeness (QED) is 0.0771. The van der Waals surface area contributed by atoms with Crippen molar-refractivity contribution in [1.82, 2.24) is 0 Å². The van der Waals surface area contributed by atoms with Crippen LogP contribution in [-0.2, 0) is 14.3 Å². The van der Waals surface area contributed by atoms with Crippen molar-refractivity contribution in [1.29, 1.82) is 0 Å². The van der Waals surface area contributed by atoms with E-state index in [1.165, 1.54) is 37.5 Å². The van der Waals surface area contributed by atoms with E-state index in [9.17, 15) is 50.4 Å². The van der Waals surface area contributed by atoms with Crippen LogP contribution < -0.4 is 14.9 Å². The maximum Gasteiger partial charge on any atom is 0.330 e. The normalized spacial score (nSPS) is 21.3. The zero-order chi connectivity index (χ0) is 33.3. The van der Waals surface area contributed by atoms with E-state index in [0.29, 0.717) is 5.56 Å². The van der Waals surface area contributed by atoms with E-state index in [4.69, 9.17) is 23.4 Å². The van der Waals surface area contributed by atoms with Crippen LogP contribution in [0.5, 0.6) is 40.2 Å². The molecule has 1 saturated heterocycles. The molecule has 1 aromatic heterocycles. The van der Waals surface area contributed by atoms with Crippen molar-refractivity contribution in [3.8, 4) is 51.6 Å². The average Bonchev–Trinajstić information content (AvgIpc) is 3.02. The Bertz CT molecular complexity index is 1860. The lowest BCUT2D eigenvalue weighted by Gasteiger charge is -2.39. The van der Waals surface area contributed by atoms with Crippen LogP contribution in [-0.4, -0.2) is 91.2 Å². The van der Waals surface area contributed by atoms with Gasteiger partial charge in [-0.3, -0.25) is 4.79 Å². The number of phenolic OH excluding ortho intramolecular Hbond substituents is 5. The first-order chi connectivity index (χ1) is 21.9. The summed E-state index contributed by atoms with van der Waals surface area (Å²) < 4.78 is 27.2. The monoisotopic (exact) mass is 640 g/mol. The second kappa shape index (κ2) is 12.9. The molecule has 5 rings (SSSR count). The first-order valence-corrected chi connectivity index (χ1v) is 13.5. The average molecular weight is 641 g/mol. The van der Waals surface area contributed by atoms with Gasteiger partial charge in [-0.25, -0.2) is 4.79 Å². The van der Waals surface area contributed by atoms with Gasteiger partial charge in [-0.15, -0.1) is 0 Å². The number of benzene rings is 3. The molecule has 15 nitrogen and oxygen atoms in total. The van der Waals surface area contributed by atoms with E-state index in [1.807, 2.05) is 0 Å². The number of aliphatic hydroxyl groups is 3. The third-order valence-electron chi connectivity index (χ3n) is 7.06. The largest absolute Gasteiger partial charge is 0.508 e. The Hall–Kier alpha value is -5.48. The summed E-state index contributed by atoms with van der Waals surface area (Å²) in [6.07, 6.45) is -6.60. The Kier molecular flexibility index (Phi) is 8.93. The Balaban J connectivity index is 1.41. The third-order valence-corrected chi connectivity index (χ3v) is 7.06. The van der Waals surface area contributed by atoms with Crippen molar-refractivity contribution in [3.05, 3.63) is 70.4 Å². The van der Waals surface area contributed by atoms with Crippen LogP contribution in [0, 0.1) is 0 Å². The number of hydrogen-bond donors (Lipinski definition) is 8. The summed E-state index contributed by atoms with van der Waals surface area (Å²) in [6, 6.07) is 9.60. The fourth-order valence-electron chi connectivity index (χ4n) is 4.67. The van der Waals surface area contributed by atoms with E-state index in [-0.39, 0.29) is 22.6 Å². The van der Waals surface area contributed by atoms with Crippen LogP contribution in [0.2, 0.25) is 0 Å². The van der Waals surface area contributed by atoms with Gasteiger partial charge in [-0.2, -0.15) is 0 Å². The number of methoxy groups -OCH3 is 1. The van der Waals surface area contributed by atoms with E-state index in [0.717, 1.165) is 30.3 Å². The predicted octanol–water partition coefficient (Wildman–Crippen LogP) is 1.44. The van der Waals surface area contributed by atoms with Gasteiger partial charge in [-0.05, 0) is 42.0 Å². The molecule has 1 aliphatic rings. The number of carbonyl (C=O) groups is 1. The van der Waals surface area contributed by atoms with Gasteiger partial charge in [0.1, 0.15) is 53.5 Å². The minimum atomic E-state index is -1.96. The van der Waals surface area contributed by atoms with Gasteiger partial charge in [0.05, 0.1) is 7.11 Å². The van der Waals surface area contributed by atoms with E-state index < -0.39 is 88.6 Å². The Morgan fingerprint density at radius 1 is 0.870 bits per heavy atom. The van der Waals surface area contributed by atoms with Crippen LogP contribution in [0.1, 0.15) is 5.56 Å². The molecule has 242 valence electrons. The molecule has 0 saturated carbocycles. The van der Waals surface area contributed by atoms with E-state index >= 15 is 0 Å². The zero-order valence-corrected chi connectivity index (χ0v) is 23.8. The summed E-state index contributed by atoms with van der Waals surface area (Å²) in [7, 11) is 1.36. The number of rotatable bonds is 8. The fraction of sp³-hybridized carbons (Fsp3) is 0.226. The maximum atomic E-state index is 13.6. The topological polar surface area (TPSA) is 246 Å². The van der Waals surface area contributed by atoms with Crippen LogP contribution in [0.25, 0.3) is 28.4 Å². The number of aliphatic hydroxyl groups excluding tert-OH is 3. The van der Waals surface area contributed by atoms with E-state index in [1.54, 1.807) is 0 Å². The highest BCUT2D eigenvalue weighted by Gasteiger charge is 2.46. The number of aromatic hydroxyl groups is 5. The smallest absolute Gasteiger partial charge is 0.330 e. The minimum absolute atomic E-state index is 0.0264. The molecule has 0 unspecified atom stereocenters.